The van der Waals surface area contributed by atoms with E-state index in [0.717, 1.165) is 18.4 Å². The molecule has 1 fully saturated rings. The summed E-state index contributed by atoms with van der Waals surface area (Å²) in [4.78, 5) is 14.5. The van der Waals surface area contributed by atoms with E-state index in [4.69, 9.17) is 0 Å². The second-order valence-corrected chi connectivity index (χ2v) is 8.62. The van der Waals surface area contributed by atoms with Crippen LogP contribution in [0.2, 0.25) is 0 Å². The van der Waals surface area contributed by atoms with Gasteiger partial charge < -0.3 is 10.0 Å². The number of aliphatic hydroxyl groups excluding tert-OH is 1. The summed E-state index contributed by atoms with van der Waals surface area (Å²) in [5.41, 5.74) is 1.22. The third-order valence-electron chi connectivity index (χ3n) is 4.60. The predicted molar refractivity (Wildman–Crippen MR) is 101 cm³/mol. The van der Waals surface area contributed by atoms with Crippen molar-refractivity contribution < 1.29 is 18.3 Å². The Hall–Kier alpha value is -1.70. The van der Waals surface area contributed by atoms with Crippen LogP contribution in [0.25, 0.3) is 0 Å². The highest BCUT2D eigenvalue weighted by molar-refractivity contribution is 7.89. The van der Waals surface area contributed by atoms with Gasteiger partial charge in [-0.05, 0) is 51.3 Å². The van der Waals surface area contributed by atoms with E-state index < -0.39 is 10.0 Å². The second kappa shape index (κ2) is 8.79. The Morgan fingerprint density at radius 2 is 2.15 bits per heavy atom. The fourth-order valence-corrected chi connectivity index (χ4v) is 5.09. The van der Waals surface area contributed by atoms with Crippen LogP contribution >= 0.6 is 0 Å². The molecule has 0 aromatic heterocycles. The summed E-state index contributed by atoms with van der Waals surface area (Å²) < 4.78 is 27.5. The van der Waals surface area contributed by atoms with Crippen molar-refractivity contribution >= 4 is 15.9 Å². The van der Waals surface area contributed by atoms with Gasteiger partial charge in [0.05, 0.1) is 4.90 Å². The van der Waals surface area contributed by atoms with Gasteiger partial charge in [-0.2, -0.15) is 4.31 Å². The number of rotatable bonds is 8. The number of hydrogen-bond donors (Lipinski definition) is 1. The molecule has 0 aliphatic carbocycles. The predicted octanol–water partition coefficient (Wildman–Crippen LogP) is 2.26. The molecular weight excluding hydrogens is 352 g/mol. The molecule has 0 bridgehead atoms. The molecule has 0 saturated carbocycles. The van der Waals surface area contributed by atoms with Crippen molar-refractivity contribution in [2.24, 2.45) is 0 Å². The third-order valence-corrected chi connectivity index (χ3v) is 6.55. The summed E-state index contributed by atoms with van der Waals surface area (Å²) in [5.74, 6) is -0.208. The van der Waals surface area contributed by atoms with Gasteiger partial charge in [-0.15, -0.1) is 0 Å². The Morgan fingerprint density at radius 1 is 1.42 bits per heavy atom. The minimum Gasteiger partial charge on any atom is -0.396 e. The van der Waals surface area contributed by atoms with Gasteiger partial charge in [-0.1, -0.05) is 18.2 Å². The van der Waals surface area contributed by atoms with E-state index in [1.807, 2.05) is 13.8 Å². The van der Waals surface area contributed by atoms with Gasteiger partial charge in [0.2, 0.25) is 10.0 Å². The average molecular weight is 381 g/mol. The maximum absolute atomic E-state index is 13.0. The van der Waals surface area contributed by atoms with E-state index in [2.05, 4.69) is 6.58 Å². The topological polar surface area (TPSA) is 77.9 Å². The van der Waals surface area contributed by atoms with Crippen LogP contribution in [0.3, 0.4) is 0 Å². The van der Waals surface area contributed by atoms with Crippen molar-refractivity contribution in [1.82, 2.24) is 9.21 Å². The summed E-state index contributed by atoms with van der Waals surface area (Å²) >= 11 is 0. The molecule has 0 unspecified atom stereocenters. The zero-order chi connectivity index (χ0) is 19.3. The molecule has 1 aromatic carbocycles. The standard InChI is InChI=1S/C19H28N2O4S/c1-4-20(14-15(2)3)19(23)16-7-5-9-18(13-16)26(24,25)21-11-6-8-17(21)10-12-22/h5,7,9,13,17,22H,2,4,6,8,10-12,14H2,1,3H3/t17-/m1/s1. The number of amides is 1. The van der Waals surface area contributed by atoms with Crippen molar-refractivity contribution in [3.63, 3.8) is 0 Å². The van der Waals surface area contributed by atoms with Gasteiger partial charge in [-0.25, -0.2) is 8.42 Å². The molecule has 1 atom stereocenters. The first-order valence-electron chi connectivity index (χ1n) is 8.97. The van der Waals surface area contributed by atoms with Crippen molar-refractivity contribution in [2.75, 3.05) is 26.2 Å². The van der Waals surface area contributed by atoms with Crippen LogP contribution in [-0.4, -0.2) is 60.9 Å². The van der Waals surface area contributed by atoms with Crippen LogP contribution in [0.5, 0.6) is 0 Å². The molecule has 26 heavy (non-hydrogen) atoms. The van der Waals surface area contributed by atoms with Gasteiger partial charge in [0.15, 0.2) is 0 Å². The third kappa shape index (κ3) is 4.52. The number of carbonyl (C=O) groups is 1. The molecule has 0 spiro atoms. The lowest BCUT2D eigenvalue weighted by atomic mass is 10.2. The highest BCUT2D eigenvalue weighted by Crippen LogP contribution is 2.28. The van der Waals surface area contributed by atoms with Crippen LogP contribution in [0.15, 0.2) is 41.3 Å². The lowest BCUT2D eigenvalue weighted by Gasteiger charge is -2.24. The first-order valence-corrected chi connectivity index (χ1v) is 10.4. The fourth-order valence-electron chi connectivity index (χ4n) is 3.32. The van der Waals surface area contributed by atoms with Gasteiger partial charge in [0.25, 0.3) is 5.91 Å². The number of nitrogens with zero attached hydrogens (tertiary/aromatic N) is 2. The normalized spacial score (nSPS) is 18.0. The van der Waals surface area contributed by atoms with Crippen molar-refractivity contribution in [3.05, 3.63) is 42.0 Å². The maximum Gasteiger partial charge on any atom is 0.254 e. The van der Waals surface area contributed by atoms with E-state index in [1.54, 1.807) is 17.0 Å². The van der Waals surface area contributed by atoms with E-state index in [-0.39, 0.29) is 23.5 Å². The number of carbonyl (C=O) groups excluding carboxylic acids is 1. The molecule has 1 aromatic rings. The van der Waals surface area contributed by atoms with Crippen LogP contribution in [-0.2, 0) is 10.0 Å². The highest BCUT2D eigenvalue weighted by Gasteiger charge is 2.35. The Bertz CT molecular complexity index is 761. The monoisotopic (exact) mass is 380 g/mol. The number of benzene rings is 1. The van der Waals surface area contributed by atoms with Gasteiger partial charge in [0, 0.05) is 37.8 Å². The number of sulfonamides is 1. The molecular formula is C19H28N2O4S. The first kappa shape index (κ1) is 20.6. The quantitative estimate of drug-likeness (QED) is 0.702. The lowest BCUT2D eigenvalue weighted by Crippen LogP contribution is -2.36. The number of likely N-dealkylation sites (N-methyl/N-ethyl adjacent to an activating group) is 1. The number of aliphatic hydroxyl groups is 1. The van der Waals surface area contributed by atoms with E-state index in [1.165, 1.54) is 16.4 Å². The molecule has 144 valence electrons. The molecule has 1 aliphatic heterocycles. The van der Waals surface area contributed by atoms with E-state index in [9.17, 15) is 18.3 Å². The minimum absolute atomic E-state index is 0.0401. The Morgan fingerprint density at radius 3 is 2.77 bits per heavy atom. The Labute approximate surface area is 156 Å². The van der Waals surface area contributed by atoms with Gasteiger partial charge >= 0.3 is 0 Å². The lowest BCUT2D eigenvalue weighted by molar-refractivity contribution is 0.0778. The molecule has 1 N–H and O–H groups in total. The summed E-state index contributed by atoms with van der Waals surface area (Å²) in [6.07, 6.45) is 1.96. The van der Waals surface area contributed by atoms with Crippen LogP contribution in [0.4, 0.5) is 0 Å². The van der Waals surface area contributed by atoms with Crippen molar-refractivity contribution in [2.45, 2.75) is 44.0 Å². The molecule has 0 radical (unpaired) electrons. The minimum atomic E-state index is -3.69. The first-order chi connectivity index (χ1) is 12.3. The molecule has 1 aliphatic rings. The van der Waals surface area contributed by atoms with Crippen molar-refractivity contribution in [1.29, 1.82) is 0 Å². The largest absolute Gasteiger partial charge is 0.396 e. The van der Waals surface area contributed by atoms with E-state index in [0.29, 0.717) is 31.6 Å². The van der Waals surface area contributed by atoms with Crippen LogP contribution < -0.4 is 0 Å². The molecule has 1 heterocycles. The highest BCUT2D eigenvalue weighted by atomic mass is 32.2. The molecule has 1 amide bonds. The molecule has 7 heteroatoms. The van der Waals surface area contributed by atoms with Crippen molar-refractivity contribution in [3.8, 4) is 0 Å². The van der Waals surface area contributed by atoms with Crippen LogP contribution in [0, 0.1) is 0 Å². The molecule has 1 saturated heterocycles. The van der Waals surface area contributed by atoms with Crippen LogP contribution in [0.1, 0.15) is 43.5 Å². The number of hydrogen-bond acceptors (Lipinski definition) is 4. The summed E-state index contributed by atoms with van der Waals surface area (Å²) in [5, 5.41) is 9.18. The van der Waals surface area contributed by atoms with Gasteiger partial charge in [0.1, 0.15) is 0 Å². The Balaban J connectivity index is 2.30. The van der Waals surface area contributed by atoms with Gasteiger partial charge in [-0.3, -0.25) is 4.79 Å². The second-order valence-electron chi connectivity index (χ2n) is 6.73. The summed E-state index contributed by atoms with van der Waals surface area (Å²) in [6, 6.07) is 6.03. The Kier molecular flexibility index (Phi) is 6.97. The smallest absolute Gasteiger partial charge is 0.254 e. The molecule has 6 nitrogen and oxygen atoms in total. The molecule has 2 rings (SSSR count). The zero-order valence-electron chi connectivity index (χ0n) is 15.5. The summed E-state index contributed by atoms with van der Waals surface area (Å²) in [6.45, 7) is 8.94. The maximum atomic E-state index is 13.0. The van der Waals surface area contributed by atoms with E-state index >= 15 is 0 Å². The fraction of sp³-hybridized carbons (Fsp3) is 0.526. The zero-order valence-corrected chi connectivity index (χ0v) is 16.3. The summed E-state index contributed by atoms with van der Waals surface area (Å²) in [7, 11) is -3.69. The SMILES string of the molecule is C=C(C)CN(CC)C(=O)c1cccc(S(=O)(=O)N2CCC[C@@H]2CCO)c1. The average Bonchev–Trinajstić information content (AvgIpc) is 3.08.